The third-order valence-electron chi connectivity index (χ3n) is 3.80. The van der Waals surface area contributed by atoms with Crippen molar-refractivity contribution in [1.29, 1.82) is 0 Å². The Balaban J connectivity index is 1.99. The molecule has 0 spiro atoms. The fourth-order valence-electron chi connectivity index (χ4n) is 2.70. The summed E-state index contributed by atoms with van der Waals surface area (Å²) in [5.41, 5.74) is 0.0650. The predicted octanol–water partition coefficient (Wildman–Crippen LogP) is 1.43. The van der Waals surface area contributed by atoms with Crippen molar-refractivity contribution in [2.24, 2.45) is 0 Å². The van der Waals surface area contributed by atoms with Crippen LogP contribution in [0.2, 0.25) is 0 Å². The number of nitro groups is 1. The van der Waals surface area contributed by atoms with Gasteiger partial charge in [-0.15, -0.1) is 0 Å². The smallest absolute Gasteiger partial charge is 0.338 e. The summed E-state index contributed by atoms with van der Waals surface area (Å²) in [7, 11) is 1.54. The molecular formula is C16H21N3O6. The number of nitrogens with zero attached hydrogens (tertiary/aromatic N) is 2. The number of hydrogen-bond acceptors (Lipinski definition) is 7. The lowest BCUT2D eigenvalue weighted by molar-refractivity contribution is -0.384. The summed E-state index contributed by atoms with van der Waals surface area (Å²) in [5.74, 6) is -1.11. The van der Waals surface area contributed by atoms with Crippen LogP contribution in [-0.2, 0) is 14.3 Å². The largest absolute Gasteiger partial charge is 0.452 e. The minimum absolute atomic E-state index is 0.0159. The molecule has 1 heterocycles. The second kappa shape index (κ2) is 7.93. The summed E-state index contributed by atoms with van der Waals surface area (Å²) in [4.78, 5) is 36.3. The zero-order valence-electron chi connectivity index (χ0n) is 14.4. The highest BCUT2D eigenvalue weighted by molar-refractivity contribution is 5.93. The van der Waals surface area contributed by atoms with Crippen LogP contribution >= 0.6 is 0 Å². The highest BCUT2D eigenvalue weighted by Crippen LogP contribution is 2.25. The molecule has 0 bridgehead atoms. The first-order valence-corrected chi connectivity index (χ1v) is 7.88. The number of carbonyl (C=O) groups is 2. The van der Waals surface area contributed by atoms with Crippen molar-refractivity contribution in [1.82, 2.24) is 4.90 Å². The van der Waals surface area contributed by atoms with Crippen LogP contribution in [-0.4, -0.2) is 60.7 Å². The van der Waals surface area contributed by atoms with Crippen LogP contribution in [0.4, 0.5) is 11.4 Å². The second-order valence-electron chi connectivity index (χ2n) is 5.87. The lowest BCUT2D eigenvalue weighted by Crippen LogP contribution is -2.49. The van der Waals surface area contributed by atoms with Gasteiger partial charge in [0.2, 0.25) is 0 Å². The second-order valence-corrected chi connectivity index (χ2v) is 5.87. The Labute approximate surface area is 145 Å². The maximum atomic E-state index is 12.2. The van der Waals surface area contributed by atoms with Gasteiger partial charge < -0.3 is 19.7 Å². The Morgan fingerprint density at radius 3 is 2.56 bits per heavy atom. The van der Waals surface area contributed by atoms with E-state index in [-0.39, 0.29) is 35.1 Å². The van der Waals surface area contributed by atoms with Gasteiger partial charge in [0.1, 0.15) is 5.69 Å². The van der Waals surface area contributed by atoms with E-state index in [1.165, 1.54) is 12.1 Å². The van der Waals surface area contributed by atoms with Crippen LogP contribution in [0.15, 0.2) is 18.2 Å². The number of nitrogens with one attached hydrogen (secondary N) is 1. The first-order chi connectivity index (χ1) is 11.8. The predicted molar refractivity (Wildman–Crippen MR) is 89.5 cm³/mol. The Bertz CT molecular complexity index is 668. The monoisotopic (exact) mass is 351 g/mol. The van der Waals surface area contributed by atoms with E-state index < -0.39 is 17.5 Å². The van der Waals surface area contributed by atoms with Crippen LogP contribution in [0.5, 0.6) is 0 Å². The molecule has 9 heteroatoms. The van der Waals surface area contributed by atoms with Crippen LogP contribution in [0.1, 0.15) is 24.2 Å². The number of rotatable bonds is 5. The van der Waals surface area contributed by atoms with Gasteiger partial charge in [-0.3, -0.25) is 14.9 Å². The van der Waals surface area contributed by atoms with Gasteiger partial charge in [0, 0.05) is 26.2 Å². The first kappa shape index (κ1) is 18.7. The van der Waals surface area contributed by atoms with Crippen molar-refractivity contribution >= 4 is 23.3 Å². The molecule has 0 aliphatic carbocycles. The zero-order valence-corrected chi connectivity index (χ0v) is 14.4. The minimum Gasteiger partial charge on any atom is -0.452 e. The number of morpholine rings is 1. The lowest BCUT2D eigenvalue weighted by Gasteiger charge is -2.35. The van der Waals surface area contributed by atoms with E-state index in [9.17, 15) is 19.7 Å². The molecular weight excluding hydrogens is 330 g/mol. The van der Waals surface area contributed by atoms with Gasteiger partial charge in [-0.2, -0.15) is 0 Å². The maximum Gasteiger partial charge on any atom is 0.338 e. The molecule has 136 valence electrons. The Morgan fingerprint density at radius 2 is 2.00 bits per heavy atom. The lowest BCUT2D eigenvalue weighted by atomic mass is 10.1. The standard InChI is InChI=1S/C16H21N3O6/c1-10-7-18(8-11(2)25-10)15(20)9-24-16(21)12-4-5-13(17-3)14(6-12)19(22)23/h4-6,10-11,17H,7-9H2,1-3H3/t10-,11-/m1/s1. The van der Waals surface area contributed by atoms with Gasteiger partial charge in [-0.1, -0.05) is 0 Å². The van der Waals surface area contributed by atoms with Crippen LogP contribution in [0.3, 0.4) is 0 Å². The fourth-order valence-corrected chi connectivity index (χ4v) is 2.70. The normalized spacial score (nSPS) is 20.0. The van der Waals surface area contributed by atoms with Crippen molar-refractivity contribution in [3.05, 3.63) is 33.9 Å². The molecule has 0 saturated carbocycles. The van der Waals surface area contributed by atoms with E-state index in [0.717, 1.165) is 6.07 Å². The van der Waals surface area contributed by atoms with Crippen molar-refractivity contribution in [3.8, 4) is 0 Å². The molecule has 1 aliphatic rings. The van der Waals surface area contributed by atoms with Gasteiger partial charge in [-0.25, -0.2) is 4.79 Å². The van der Waals surface area contributed by atoms with Crippen molar-refractivity contribution < 1.29 is 24.0 Å². The molecule has 1 amide bonds. The summed E-state index contributed by atoms with van der Waals surface area (Å²) in [5, 5.41) is 13.7. The number of esters is 1. The summed E-state index contributed by atoms with van der Waals surface area (Å²) < 4.78 is 10.6. The molecule has 0 radical (unpaired) electrons. The number of amides is 1. The molecule has 1 saturated heterocycles. The number of ether oxygens (including phenoxy) is 2. The summed E-state index contributed by atoms with van der Waals surface area (Å²) in [6.07, 6.45) is -0.166. The fraction of sp³-hybridized carbons (Fsp3) is 0.500. The molecule has 0 unspecified atom stereocenters. The molecule has 1 aromatic carbocycles. The topological polar surface area (TPSA) is 111 Å². The van der Waals surface area contributed by atoms with E-state index in [1.54, 1.807) is 11.9 Å². The number of carbonyl (C=O) groups excluding carboxylic acids is 2. The number of nitro benzene ring substituents is 1. The average molecular weight is 351 g/mol. The summed E-state index contributed by atoms with van der Waals surface area (Å²) >= 11 is 0. The molecule has 1 aliphatic heterocycles. The van der Waals surface area contributed by atoms with Crippen molar-refractivity contribution in [3.63, 3.8) is 0 Å². The third kappa shape index (κ3) is 4.66. The molecule has 25 heavy (non-hydrogen) atoms. The van der Waals surface area contributed by atoms with Crippen LogP contribution < -0.4 is 5.32 Å². The van der Waals surface area contributed by atoms with Gasteiger partial charge >= 0.3 is 5.97 Å². The average Bonchev–Trinajstić information content (AvgIpc) is 2.57. The SMILES string of the molecule is CNc1ccc(C(=O)OCC(=O)N2C[C@@H](C)O[C@H](C)C2)cc1[N+](=O)[O-]. The molecule has 2 atom stereocenters. The number of hydrogen-bond donors (Lipinski definition) is 1. The highest BCUT2D eigenvalue weighted by Gasteiger charge is 2.26. The van der Waals surface area contributed by atoms with Crippen LogP contribution in [0, 0.1) is 10.1 Å². The Hall–Kier alpha value is -2.68. The molecule has 1 aromatic rings. The zero-order chi connectivity index (χ0) is 18.6. The van der Waals surface area contributed by atoms with Gasteiger partial charge in [0.05, 0.1) is 22.7 Å². The van der Waals surface area contributed by atoms with E-state index in [2.05, 4.69) is 5.32 Å². The van der Waals surface area contributed by atoms with Gasteiger partial charge in [-0.05, 0) is 26.0 Å². The summed E-state index contributed by atoms with van der Waals surface area (Å²) in [6.45, 7) is 4.18. The highest BCUT2D eigenvalue weighted by atomic mass is 16.6. The Kier molecular flexibility index (Phi) is 5.92. The summed E-state index contributed by atoms with van der Waals surface area (Å²) in [6, 6.07) is 3.95. The molecule has 1 N–H and O–H groups in total. The molecule has 1 fully saturated rings. The van der Waals surface area contributed by atoms with E-state index in [0.29, 0.717) is 13.1 Å². The van der Waals surface area contributed by atoms with Gasteiger partial charge in [0.25, 0.3) is 11.6 Å². The minimum atomic E-state index is -0.784. The quantitative estimate of drug-likeness (QED) is 0.485. The maximum absolute atomic E-state index is 12.2. The van der Waals surface area contributed by atoms with Crippen molar-refractivity contribution in [2.75, 3.05) is 32.1 Å². The number of benzene rings is 1. The molecule has 2 rings (SSSR count). The third-order valence-corrected chi connectivity index (χ3v) is 3.80. The Morgan fingerprint density at radius 1 is 1.36 bits per heavy atom. The molecule has 9 nitrogen and oxygen atoms in total. The van der Waals surface area contributed by atoms with Gasteiger partial charge in [0.15, 0.2) is 6.61 Å². The van der Waals surface area contributed by atoms with Crippen LogP contribution in [0.25, 0.3) is 0 Å². The van der Waals surface area contributed by atoms with E-state index in [1.807, 2.05) is 13.8 Å². The van der Waals surface area contributed by atoms with E-state index >= 15 is 0 Å². The number of anilines is 1. The molecule has 0 aromatic heterocycles. The van der Waals surface area contributed by atoms with Crippen molar-refractivity contribution in [2.45, 2.75) is 26.1 Å². The van der Waals surface area contributed by atoms with E-state index in [4.69, 9.17) is 9.47 Å². The first-order valence-electron chi connectivity index (χ1n) is 7.88.